The second kappa shape index (κ2) is 10.7. The first-order chi connectivity index (χ1) is 17.3. The summed E-state index contributed by atoms with van der Waals surface area (Å²) in [5, 5.41) is 5.15. The van der Waals surface area contributed by atoms with Crippen molar-refractivity contribution in [3.05, 3.63) is 44.4 Å². The molecule has 0 radical (unpaired) electrons. The maximum Gasteiger partial charge on any atom is 0.330 e. The van der Waals surface area contributed by atoms with Crippen molar-refractivity contribution in [2.24, 2.45) is 0 Å². The number of carbonyl (C=O) groups is 1. The first-order valence-electron chi connectivity index (χ1n) is 13.1. The molecular formula is C26H37N7O3. The molecule has 3 heterocycles. The summed E-state index contributed by atoms with van der Waals surface area (Å²) in [7, 11) is 0. The fraction of sp³-hybridized carbons (Fsp3) is 0.577. The Morgan fingerprint density at radius 3 is 2.56 bits per heavy atom. The molecule has 0 atom stereocenters. The molecule has 0 bridgehead atoms. The van der Waals surface area contributed by atoms with Crippen LogP contribution in [0, 0.1) is 0 Å². The van der Waals surface area contributed by atoms with Crippen molar-refractivity contribution in [3.63, 3.8) is 0 Å². The fourth-order valence-electron chi connectivity index (χ4n) is 4.54. The first-order valence-corrected chi connectivity index (χ1v) is 13.1. The lowest BCUT2D eigenvalue weighted by atomic mass is 10.1. The van der Waals surface area contributed by atoms with Gasteiger partial charge in [0.1, 0.15) is 5.82 Å². The van der Waals surface area contributed by atoms with Crippen molar-refractivity contribution < 1.29 is 4.79 Å². The number of hydrogen-bond donors (Lipinski definition) is 2. The lowest BCUT2D eigenvalue weighted by Gasteiger charge is -2.25. The smallest absolute Gasteiger partial charge is 0.330 e. The molecule has 3 aromatic rings. The predicted molar refractivity (Wildman–Crippen MR) is 142 cm³/mol. The van der Waals surface area contributed by atoms with Gasteiger partial charge in [-0.25, -0.2) is 14.5 Å². The zero-order valence-corrected chi connectivity index (χ0v) is 21.7. The Balaban J connectivity index is 1.88. The summed E-state index contributed by atoms with van der Waals surface area (Å²) in [5.41, 5.74) is 7.22. The molecule has 0 saturated heterocycles. The monoisotopic (exact) mass is 495 g/mol. The van der Waals surface area contributed by atoms with Crippen LogP contribution < -0.4 is 21.9 Å². The topological polar surface area (TPSA) is 132 Å². The second-order valence-corrected chi connectivity index (χ2v) is 9.95. The maximum absolute atomic E-state index is 14.2. The zero-order chi connectivity index (χ0) is 26.0. The van der Waals surface area contributed by atoms with Crippen LogP contribution in [-0.2, 0) is 6.54 Å². The largest absolute Gasteiger partial charge is 0.383 e. The van der Waals surface area contributed by atoms with E-state index in [-0.39, 0.29) is 23.5 Å². The summed E-state index contributed by atoms with van der Waals surface area (Å²) in [5.74, 6) is 0.0173. The SMILES string of the molecule is CCCCCN(C(=O)c1cc(C2CC2)nc2c1cnn2C(C)C)c1c(N)n(CCCC)c(=O)[nH]c1=O. The number of unbranched alkanes of at least 4 members (excludes halogenated alkanes) is 3. The molecular weight excluding hydrogens is 458 g/mol. The molecule has 1 aliphatic carbocycles. The average molecular weight is 496 g/mol. The van der Waals surface area contributed by atoms with Crippen molar-refractivity contribution in [3.8, 4) is 0 Å². The number of rotatable bonds is 11. The van der Waals surface area contributed by atoms with Crippen molar-refractivity contribution >= 4 is 28.4 Å². The molecule has 1 aliphatic rings. The lowest BCUT2D eigenvalue weighted by Crippen LogP contribution is -2.41. The number of anilines is 2. The van der Waals surface area contributed by atoms with E-state index in [2.05, 4.69) is 17.0 Å². The Kier molecular flexibility index (Phi) is 7.61. The number of H-pyrrole nitrogens is 1. The van der Waals surface area contributed by atoms with Crippen molar-refractivity contribution in [1.29, 1.82) is 0 Å². The molecule has 10 heteroatoms. The number of nitrogens with zero attached hydrogens (tertiary/aromatic N) is 5. The minimum atomic E-state index is -0.652. The standard InChI is InChI=1S/C26H37N7O3/c1-5-7-9-13-31(21-22(27)32(12-8-6-2)26(36)30-24(21)34)25(35)18-14-20(17-10-11-17)29-23-19(18)15-28-33(23)16(3)4/h14-17H,5-13,27H2,1-4H3,(H,30,34,36). The van der Waals surface area contributed by atoms with Gasteiger partial charge >= 0.3 is 5.69 Å². The Labute approximate surface area is 210 Å². The van der Waals surface area contributed by atoms with Crippen molar-refractivity contribution in [2.75, 3.05) is 17.2 Å². The van der Waals surface area contributed by atoms with E-state index in [9.17, 15) is 14.4 Å². The van der Waals surface area contributed by atoms with Crippen LogP contribution in [0.3, 0.4) is 0 Å². The third-order valence-electron chi connectivity index (χ3n) is 6.75. The maximum atomic E-state index is 14.2. The highest BCUT2D eigenvalue weighted by molar-refractivity contribution is 6.14. The minimum Gasteiger partial charge on any atom is -0.383 e. The molecule has 1 fully saturated rings. The Hall–Kier alpha value is -3.43. The average Bonchev–Trinajstić information content (AvgIpc) is 3.60. The molecule has 10 nitrogen and oxygen atoms in total. The number of fused-ring (bicyclic) bond motifs is 1. The first kappa shape index (κ1) is 25.7. The molecule has 0 aromatic carbocycles. The molecule has 3 N–H and O–H groups in total. The van der Waals surface area contributed by atoms with Crippen LogP contribution in [0.2, 0.25) is 0 Å². The minimum absolute atomic E-state index is 0.0210. The van der Waals surface area contributed by atoms with E-state index in [1.54, 1.807) is 6.20 Å². The van der Waals surface area contributed by atoms with E-state index in [4.69, 9.17) is 10.7 Å². The number of amides is 1. The van der Waals surface area contributed by atoms with Gasteiger partial charge in [-0.05, 0) is 45.6 Å². The van der Waals surface area contributed by atoms with Gasteiger partial charge in [0, 0.05) is 30.7 Å². The molecule has 36 heavy (non-hydrogen) atoms. The van der Waals surface area contributed by atoms with Gasteiger partial charge in [-0.2, -0.15) is 5.10 Å². The third-order valence-corrected chi connectivity index (χ3v) is 6.75. The Morgan fingerprint density at radius 1 is 1.19 bits per heavy atom. The van der Waals surface area contributed by atoms with Crippen LogP contribution in [0.5, 0.6) is 0 Å². The van der Waals surface area contributed by atoms with Crippen molar-refractivity contribution in [1.82, 2.24) is 24.3 Å². The molecule has 0 aliphatic heterocycles. The molecule has 194 valence electrons. The number of aromatic nitrogens is 5. The van der Waals surface area contributed by atoms with Gasteiger partial charge in [-0.1, -0.05) is 33.1 Å². The van der Waals surface area contributed by atoms with E-state index < -0.39 is 11.2 Å². The van der Waals surface area contributed by atoms with Gasteiger partial charge in [0.25, 0.3) is 11.5 Å². The number of aromatic amines is 1. The highest BCUT2D eigenvalue weighted by Crippen LogP contribution is 2.40. The third kappa shape index (κ3) is 4.94. The summed E-state index contributed by atoms with van der Waals surface area (Å²) in [6.07, 6.45) is 7.88. The van der Waals surface area contributed by atoms with Gasteiger partial charge in [0.2, 0.25) is 0 Å². The number of carbonyl (C=O) groups excluding carboxylic acids is 1. The molecule has 0 unspecified atom stereocenters. The van der Waals surface area contributed by atoms with Crippen LogP contribution in [0.4, 0.5) is 11.5 Å². The van der Waals surface area contributed by atoms with Crippen LogP contribution in [-0.4, -0.2) is 36.8 Å². The van der Waals surface area contributed by atoms with E-state index >= 15 is 0 Å². The van der Waals surface area contributed by atoms with Crippen LogP contribution in [0.15, 0.2) is 21.9 Å². The van der Waals surface area contributed by atoms with Crippen LogP contribution in [0.25, 0.3) is 11.0 Å². The molecule has 1 amide bonds. The summed E-state index contributed by atoms with van der Waals surface area (Å²) < 4.78 is 3.18. The fourth-order valence-corrected chi connectivity index (χ4v) is 4.54. The second-order valence-electron chi connectivity index (χ2n) is 9.95. The normalized spacial score (nSPS) is 13.6. The number of nitrogens with two attached hydrogens (primary N) is 1. The number of nitrogen functional groups attached to an aromatic ring is 1. The highest BCUT2D eigenvalue weighted by atomic mass is 16.2. The van der Waals surface area contributed by atoms with Crippen LogP contribution >= 0.6 is 0 Å². The van der Waals surface area contributed by atoms with Gasteiger partial charge in [-0.15, -0.1) is 0 Å². The van der Waals surface area contributed by atoms with Gasteiger partial charge in [-0.3, -0.25) is 19.1 Å². The van der Waals surface area contributed by atoms with E-state index in [0.29, 0.717) is 42.0 Å². The molecule has 4 rings (SSSR count). The number of pyridine rings is 1. The summed E-state index contributed by atoms with van der Waals surface area (Å²) >= 11 is 0. The number of nitrogens with one attached hydrogen (secondary N) is 1. The lowest BCUT2D eigenvalue weighted by molar-refractivity contribution is 0.0987. The zero-order valence-electron chi connectivity index (χ0n) is 21.7. The van der Waals surface area contributed by atoms with E-state index in [0.717, 1.165) is 44.2 Å². The summed E-state index contributed by atoms with van der Waals surface area (Å²) in [6, 6.07) is 1.92. The molecule has 3 aromatic heterocycles. The summed E-state index contributed by atoms with van der Waals surface area (Å²) in [6.45, 7) is 8.82. The quantitative estimate of drug-likeness (QED) is 0.387. The van der Waals surface area contributed by atoms with Gasteiger partial charge in [0.05, 0.1) is 17.1 Å². The van der Waals surface area contributed by atoms with Gasteiger partial charge in [0.15, 0.2) is 11.3 Å². The Bertz CT molecular complexity index is 1360. The van der Waals surface area contributed by atoms with Crippen molar-refractivity contribution in [2.45, 2.75) is 91.1 Å². The van der Waals surface area contributed by atoms with E-state index in [1.807, 2.05) is 31.5 Å². The predicted octanol–water partition coefficient (Wildman–Crippen LogP) is 3.96. The van der Waals surface area contributed by atoms with E-state index in [1.165, 1.54) is 9.47 Å². The summed E-state index contributed by atoms with van der Waals surface area (Å²) in [4.78, 5) is 48.5. The highest BCUT2D eigenvalue weighted by Gasteiger charge is 2.31. The molecule has 1 saturated carbocycles. The van der Waals surface area contributed by atoms with Gasteiger partial charge < -0.3 is 10.6 Å². The van der Waals surface area contributed by atoms with Crippen LogP contribution in [0.1, 0.15) is 101 Å². The Morgan fingerprint density at radius 2 is 1.92 bits per heavy atom. The number of hydrogen-bond acceptors (Lipinski definition) is 6. The molecule has 0 spiro atoms.